The molecule has 0 bridgehead atoms. The Labute approximate surface area is 178 Å². The number of anilines is 1. The van der Waals surface area contributed by atoms with Crippen molar-refractivity contribution < 1.29 is 4.79 Å². The highest BCUT2D eigenvalue weighted by molar-refractivity contribution is 5.87. The van der Waals surface area contributed by atoms with Crippen LogP contribution in [0.1, 0.15) is 19.8 Å². The van der Waals surface area contributed by atoms with E-state index in [-0.39, 0.29) is 17.5 Å². The van der Waals surface area contributed by atoms with Gasteiger partial charge in [0.05, 0.1) is 0 Å². The van der Waals surface area contributed by atoms with Gasteiger partial charge in [0.1, 0.15) is 5.69 Å². The largest absolute Gasteiger partial charge is 0.363 e. The minimum Gasteiger partial charge on any atom is -0.363 e. The summed E-state index contributed by atoms with van der Waals surface area (Å²) in [6, 6.07) is 5.91. The van der Waals surface area contributed by atoms with E-state index in [2.05, 4.69) is 21.8 Å². The number of pyridine rings is 2. The smallest absolute Gasteiger partial charge is 0.271 e. The molecule has 7 heteroatoms. The van der Waals surface area contributed by atoms with Crippen LogP contribution < -0.4 is 10.5 Å². The number of likely N-dealkylation sites (tertiary alicyclic amines) is 1. The first-order valence-electron chi connectivity index (χ1n) is 10.5. The van der Waals surface area contributed by atoms with Crippen molar-refractivity contribution in [3.05, 3.63) is 59.3 Å². The number of nitrogens with one attached hydrogen (secondary N) is 1. The summed E-state index contributed by atoms with van der Waals surface area (Å²) < 4.78 is 0. The van der Waals surface area contributed by atoms with Crippen LogP contribution in [0.15, 0.2) is 53.7 Å². The Balaban J connectivity index is 1.79. The molecule has 1 N–H and O–H groups in total. The first kappa shape index (κ1) is 21.8. The zero-order chi connectivity index (χ0) is 21.5. The standard InChI is InChI=1S/C23H31N5O2/c1-4-28(20-7-5-14-27(17-20)22(29)8-6-13-26(2)3)21-15-19(16-25-23(21)30)18-9-11-24-12-10-18/h6,8-12,15-16,20H,4-5,7,13-14,17H2,1-3H3,(H,25,30)/b8-6+/t20-/m1/s1. The van der Waals surface area contributed by atoms with Crippen molar-refractivity contribution in [2.75, 3.05) is 45.2 Å². The van der Waals surface area contributed by atoms with Gasteiger partial charge in [-0.25, -0.2) is 0 Å². The number of likely N-dealkylation sites (N-methyl/N-ethyl adjacent to an activating group) is 2. The number of amides is 1. The maximum absolute atomic E-state index is 12.7. The fourth-order valence-corrected chi connectivity index (χ4v) is 3.90. The van der Waals surface area contributed by atoms with E-state index < -0.39 is 0 Å². The molecule has 0 aliphatic carbocycles. The summed E-state index contributed by atoms with van der Waals surface area (Å²) in [5.41, 5.74) is 2.49. The molecular formula is C23H31N5O2. The lowest BCUT2D eigenvalue weighted by Crippen LogP contribution is -2.50. The Morgan fingerprint density at radius 1 is 1.30 bits per heavy atom. The predicted octanol–water partition coefficient (Wildman–Crippen LogP) is 2.37. The van der Waals surface area contributed by atoms with Gasteiger partial charge in [0.2, 0.25) is 5.91 Å². The molecule has 1 fully saturated rings. The Bertz CT molecular complexity index is 923. The Morgan fingerprint density at radius 2 is 2.07 bits per heavy atom. The summed E-state index contributed by atoms with van der Waals surface area (Å²) in [4.78, 5) is 38.3. The number of piperidine rings is 1. The van der Waals surface area contributed by atoms with Crippen LogP contribution in [0.2, 0.25) is 0 Å². The second kappa shape index (κ2) is 10.2. The van der Waals surface area contributed by atoms with E-state index >= 15 is 0 Å². The van der Waals surface area contributed by atoms with Crippen LogP contribution >= 0.6 is 0 Å². The molecule has 0 aromatic carbocycles. The van der Waals surface area contributed by atoms with E-state index in [9.17, 15) is 9.59 Å². The van der Waals surface area contributed by atoms with Crippen molar-refractivity contribution >= 4 is 11.6 Å². The van der Waals surface area contributed by atoms with Gasteiger partial charge in [-0.1, -0.05) is 6.08 Å². The normalized spacial score (nSPS) is 16.9. The number of carbonyl (C=O) groups is 1. The molecule has 160 valence electrons. The van der Waals surface area contributed by atoms with Crippen molar-refractivity contribution in [1.82, 2.24) is 19.8 Å². The third kappa shape index (κ3) is 5.36. The molecule has 0 saturated carbocycles. The summed E-state index contributed by atoms with van der Waals surface area (Å²) in [5, 5.41) is 0. The Morgan fingerprint density at radius 3 is 2.77 bits per heavy atom. The highest BCUT2D eigenvalue weighted by Gasteiger charge is 2.28. The van der Waals surface area contributed by atoms with Gasteiger partial charge in [0.15, 0.2) is 0 Å². The highest BCUT2D eigenvalue weighted by Crippen LogP contribution is 2.25. The molecule has 1 amide bonds. The van der Waals surface area contributed by atoms with E-state index in [1.54, 1.807) is 24.7 Å². The maximum Gasteiger partial charge on any atom is 0.271 e. The third-order valence-electron chi connectivity index (χ3n) is 5.43. The molecule has 0 unspecified atom stereocenters. The number of aromatic nitrogens is 2. The molecular weight excluding hydrogens is 378 g/mol. The van der Waals surface area contributed by atoms with Gasteiger partial charge in [0, 0.05) is 62.5 Å². The van der Waals surface area contributed by atoms with Gasteiger partial charge < -0.3 is 19.7 Å². The average Bonchev–Trinajstić information content (AvgIpc) is 2.76. The molecule has 1 aliphatic rings. The molecule has 0 radical (unpaired) electrons. The van der Waals surface area contributed by atoms with Crippen LogP contribution in [-0.2, 0) is 4.79 Å². The van der Waals surface area contributed by atoms with Crippen molar-refractivity contribution in [2.24, 2.45) is 0 Å². The maximum atomic E-state index is 12.7. The van der Waals surface area contributed by atoms with E-state index in [0.717, 1.165) is 37.1 Å². The number of rotatable bonds is 7. The van der Waals surface area contributed by atoms with Gasteiger partial charge >= 0.3 is 0 Å². The number of carbonyl (C=O) groups excluding carboxylic acids is 1. The summed E-state index contributed by atoms with van der Waals surface area (Å²) in [6.07, 6.45) is 10.7. The fraction of sp³-hybridized carbons (Fsp3) is 0.435. The third-order valence-corrected chi connectivity index (χ3v) is 5.43. The molecule has 1 aliphatic heterocycles. The van der Waals surface area contributed by atoms with Crippen LogP contribution in [0.4, 0.5) is 5.69 Å². The fourth-order valence-electron chi connectivity index (χ4n) is 3.90. The highest BCUT2D eigenvalue weighted by atomic mass is 16.2. The van der Waals surface area contributed by atoms with Gasteiger partial charge in [-0.3, -0.25) is 14.6 Å². The summed E-state index contributed by atoms with van der Waals surface area (Å²) in [7, 11) is 3.95. The lowest BCUT2D eigenvalue weighted by molar-refractivity contribution is -0.127. The number of hydrogen-bond donors (Lipinski definition) is 1. The van der Waals surface area contributed by atoms with Gasteiger partial charge in [-0.2, -0.15) is 0 Å². The zero-order valence-electron chi connectivity index (χ0n) is 18.0. The van der Waals surface area contributed by atoms with Crippen LogP contribution in [0.25, 0.3) is 11.1 Å². The topological polar surface area (TPSA) is 72.5 Å². The molecule has 3 rings (SSSR count). The first-order chi connectivity index (χ1) is 14.5. The number of H-pyrrole nitrogens is 1. The minimum atomic E-state index is -0.107. The first-order valence-corrected chi connectivity index (χ1v) is 10.5. The molecule has 7 nitrogen and oxygen atoms in total. The van der Waals surface area contributed by atoms with Crippen LogP contribution in [0.5, 0.6) is 0 Å². The van der Waals surface area contributed by atoms with Gasteiger partial charge in [-0.15, -0.1) is 0 Å². The molecule has 2 aromatic rings. The van der Waals surface area contributed by atoms with Crippen molar-refractivity contribution in [3.8, 4) is 11.1 Å². The van der Waals surface area contributed by atoms with Crippen molar-refractivity contribution in [2.45, 2.75) is 25.8 Å². The van der Waals surface area contributed by atoms with E-state index in [4.69, 9.17) is 0 Å². The van der Waals surface area contributed by atoms with E-state index in [0.29, 0.717) is 18.8 Å². The van der Waals surface area contributed by atoms with Crippen LogP contribution in [0, 0.1) is 0 Å². The molecule has 3 heterocycles. The number of hydrogen-bond acceptors (Lipinski definition) is 5. The number of aromatic amines is 1. The second-order valence-electron chi connectivity index (χ2n) is 7.87. The monoisotopic (exact) mass is 409 g/mol. The molecule has 1 saturated heterocycles. The molecule has 30 heavy (non-hydrogen) atoms. The summed E-state index contributed by atoms with van der Waals surface area (Å²) >= 11 is 0. The summed E-state index contributed by atoms with van der Waals surface area (Å²) in [5.74, 6) is 0.0389. The second-order valence-corrected chi connectivity index (χ2v) is 7.87. The van der Waals surface area contributed by atoms with E-state index in [1.165, 1.54) is 0 Å². The van der Waals surface area contributed by atoms with Crippen LogP contribution in [0.3, 0.4) is 0 Å². The average molecular weight is 410 g/mol. The van der Waals surface area contributed by atoms with Crippen LogP contribution in [-0.4, -0.2) is 72.0 Å². The lowest BCUT2D eigenvalue weighted by Gasteiger charge is -2.39. The SMILES string of the molecule is CCN(c1cc(-c2ccncc2)c[nH]c1=O)[C@@H]1CCCN(C(=O)/C=C/CN(C)C)C1. The summed E-state index contributed by atoms with van der Waals surface area (Å²) in [6.45, 7) is 4.87. The Kier molecular flexibility index (Phi) is 7.41. The van der Waals surface area contributed by atoms with Gasteiger partial charge in [0.25, 0.3) is 5.56 Å². The van der Waals surface area contributed by atoms with E-state index in [1.807, 2.05) is 48.2 Å². The minimum absolute atomic E-state index is 0.0389. The zero-order valence-corrected chi connectivity index (χ0v) is 18.0. The lowest BCUT2D eigenvalue weighted by atomic mass is 10.0. The van der Waals surface area contributed by atoms with Gasteiger partial charge in [-0.05, 0) is 57.6 Å². The van der Waals surface area contributed by atoms with Crippen molar-refractivity contribution in [3.63, 3.8) is 0 Å². The molecule has 0 spiro atoms. The Hall–Kier alpha value is -2.93. The number of nitrogens with zero attached hydrogens (tertiary/aromatic N) is 4. The molecule has 2 aromatic heterocycles. The molecule has 1 atom stereocenters. The van der Waals surface area contributed by atoms with Crippen molar-refractivity contribution in [1.29, 1.82) is 0 Å². The predicted molar refractivity (Wildman–Crippen MR) is 121 cm³/mol. The quantitative estimate of drug-likeness (QED) is 0.711.